The molecule has 1 aliphatic carbocycles. The molecule has 0 radical (unpaired) electrons. The maximum Gasteiger partial charge on any atom is 0.404 e. The van der Waals surface area contributed by atoms with Crippen molar-refractivity contribution in [3.05, 3.63) is 33.2 Å². The second-order valence-electron chi connectivity index (χ2n) is 8.06. The molecule has 0 atom stereocenters. The number of hydrogen-bond donors (Lipinski definition) is 3. The van der Waals surface area contributed by atoms with E-state index < -0.39 is 29.1 Å². The van der Waals surface area contributed by atoms with Crippen LogP contribution in [0.25, 0.3) is 0 Å². The molecule has 0 saturated carbocycles. The van der Waals surface area contributed by atoms with Crippen LogP contribution in [0.5, 0.6) is 0 Å². The van der Waals surface area contributed by atoms with E-state index in [-0.39, 0.29) is 12.1 Å². The lowest BCUT2D eigenvalue weighted by Gasteiger charge is -2.24. The van der Waals surface area contributed by atoms with Gasteiger partial charge in [0.25, 0.3) is 11.5 Å². The van der Waals surface area contributed by atoms with Crippen LogP contribution in [0.3, 0.4) is 0 Å². The number of carboxylic acid groups (broad SMARTS) is 1. The predicted octanol–water partition coefficient (Wildman–Crippen LogP) is 1.85. The minimum absolute atomic E-state index is 0.0162. The van der Waals surface area contributed by atoms with Crippen LogP contribution in [0.1, 0.15) is 67.6 Å². The van der Waals surface area contributed by atoms with Gasteiger partial charge >= 0.3 is 12.1 Å². The number of aryl methyl sites for hydroxylation is 1. The first kappa shape index (κ1) is 23.4. The topological polar surface area (TPSA) is 127 Å². The molecule has 1 aromatic heterocycles. The molecule has 9 heteroatoms. The zero-order chi connectivity index (χ0) is 22.3. The molecule has 0 aromatic carbocycles. The second kappa shape index (κ2) is 10.3. The Balaban J connectivity index is 2.40. The molecule has 2 rings (SSSR count). The molecule has 0 aliphatic heterocycles. The summed E-state index contributed by atoms with van der Waals surface area (Å²) in [7, 11) is 1.24. The lowest BCUT2D eigenvalue weighted by Crippen LogP contribution is -2.51. The highest BCUT2D eigenvalue weighted by atomic mass is 16.5. The standard InChI is InChI=1S/C21H31N3O6/c1-21(2,19(27)30-3)23-17(25)15-13-14-9-6-4-5-7-10-16(14)24(18(15)26)12-8-11-22-20(28)29/h13,22H,4-12H2,1-3H3,(H,23,25)(H,28,29). The quantitative estimate of drug-likeness (QED) is 0.455. The van der Waals surface area contributed by atoms with Crippen LogP contribution in [0.2, 0.25) is 0 Å². The Bertz CT molecular complexity index is 859. The molecule has 0 unspecified atom stereocenters. The van der Waals surface area contributed by atoms with Gasteiger partial charge in [-0.2, -0.15) is 0 Å². The molecular weight excluding hydrogens is 390 g/mol. The first-order valence-corrected chi connectivity index (χ1v) is 10.3. The van der Waals surface area contributed by atoms with Gasteiger partial charge in [-0.15, -0.1) is 0 Å². The van der Waals surface area contributed by atoms with E-state index in [9.17, 15) is 19.2 Å². The molecular formula is C21H31N3O6. The van der Waals surface area contributed by atoms with Crippen LogP contribution in [0.4, 0.5) is 4.79 Å². The number of amides is 2. The third-order valence-electron chi connectivity index (χ3n) is 5.30. The molecule has 1 heterocycles. The molecule has 2 amide bonds. The zero-order valence-electron chi connectivity index (χ0n) is 17.9. The number of aromatic nitrogens is 1. The van der Waals surface area contributed by atoms with Crippen molar-refractivity contribution in [3.63, 3.8) is 0 Å². The van der Waals surface area contributed by atoms with Gasteiger partial charge in [-0.05, 0) is 57.6 Å². The number of fused-ring (bicyclic) bond motifs is 1. The Hall–Kier alpha value is -2.84. The summed E-state index contributed by atoms with van der Waals surface area (Å²) in [5.41, 5.74) is 0.152. The smallest absolute Gasteiger partial charge is 0.404 e. The van der Waals surface area contributed by atoms with Crippen LogP contribution in [-0.4, -0.2) is 46.8 Å². The monoisotopic (exact) mass is 421 g/mol. The third kappa shape index (κ3) is 5.84. The first-order valence-electron chi connectivity index (χ1n) is 10.3. The normalized spacial score (nSPS) is 14.1. The van der Waals surface area contributed by atoms with Crippen LogP contribution in [0, 0.1) is 0 Å². The lowest BCUT2D eigenvalue weighted by atomic mass is 9.95. The summed E-state index contributed by atoms with van der Waals surface area (Å²) in [4.78, 5) is 48.7. The molecule has 1 aliphatic rings. The number of methoxy groups -OCH3 is 1. The number of pyridine rings is 1. The number of carbonyl (C=O) groups excluding carboxylic acids is 2. The summed E-state index contributed by atoms with van der Waals surface area (Å²) < 4.78 is 6.32. The minimum atomic E-state index is -1.28. The SMILES string of the molecule is COC(=O)C(C)(C)NC(=O)c1cc2c(n(CCCNC(=O)O)c1=O)CCCCCC2. The Labute approximate surface area is 175 Å². The molecule has 30 heavy (non-hydrogen) atoms. The van der Waals surface area contributed by atoms with Crippen molar-refractivity contribution < 1.29 is 24.2 Å². The largest absolute Gasteiger partial charge is 0.467 e. The zero-order valence-corrected chi connectivity index (χ0v) is 17.9. The van der Waals surface area contributed by atoms with Gasteiger partial charge < -0.3 is 25.0 Å². The number of rotatable bonds is 7. The maximum atomic E-state index is 13.2. The fourth-order valence-corrected chi connectivity index (χ4v) is 3.72. The minimum Gasteiger partial charge on any atom is -0.467 e. The number of ether oxygens (including phenoxy) is 1. The summed E-state index contributed by atoms with van der Waals surface area (Å²) >= 11 is 0. The van der Waals surface area contributed by atoms with E-state index in [0.717, 1.165) is 49.8 Å². The molecule has 3 N–H and O–H groups in total. The van der Waals surface area contributed by atoms with Crippen LogP contribution >= 0.6 is 0 Å². The molecule has 0 fully saturated rings. The number of nitrogens with zero attached hydrogens (tertiary/aromatic N) is 1. The van der Waals surface area contributed by atoms with Gasteiger partial charge in [-0.25, -0.2) is 9.59 Å². The van der Waals surface area contributed by atoms with Gasteiger partial charge in [0.15, 0.2) is 0 Å². The van der Waals surface area contributed by atoms with Crippen LogP contribution < -0.4 is 16.2 Å². The van der Waals surface area contributed by atoms with Crippen molar-refractivity contribution >= 4 is 18.0 Å². The van der Waals surface area contributed by atoms with E-state index in [1.807, 2.05) is 0 Å². The summed E-state index contributed by atoms with van der Waals surface area (Å²) in [6, 6.07) is 1.65. The molecule has 0 saturated heterocycles. The Kier molecular flexibility index (Phi) is 8.02. The van der Waals surface area contributed by atoms with Crippen LogP contribution in [-0.2, 0) is 28.9 Å². The highest BCUT2D eigenvalue weighted by Gasteiger charge is 2.32. The number of hydrogen-bond acceptors (Lipinski definition) is 5. The summed E-state index contributed by atoms with van der Waals surface area (Å²) in [5, 5.41) is 13.6. The van der Waals surface area contributed by atoms with E-state index in [0.29, 0.717) is 13.0 Å². The average Bonchev–Trinajstić information content (AvgIpc) is 2.66. The Morgan fingerprint density at radius 2 is 1.83 bits per heavy atom. The van der Waals surface area contributed by atoms with Gasteiger partial charge in [0.2, 0.25) is 0 Å². The van der Waals surface area contributed by atoms with Crippen molar-refractivity contribution in [3.8, 4) is 0 Å². The molecule has 1 aromatic rings. The van der Waals surface area contributed by atoms with Gasteiger partial charge in [0.05, 0.1) is 7.11 Å². The van der Waals surface area contributed by atoms with Gasteiger partial charge in [0.1, 0.15) is 11.1 Å². The van der Waals surface area contributed by atoms with Gasteiger partial charge in [-0.3, -0.25) is 9.59 Å². The Morgan fingerprint density at radius 3 is 2.47 bits per heavy atom. The van der Waals surface area contributed by atoms with E-state index in [1.165, 1.54) is 21.0 Å². The fourth-order valence-electron chi connectivity index (χ4n) is 3.72. The summed E-state index contributed by atoms with van der Waals surface area (Å²) in [6.45, 7) is 3.55. The van der Waals surface area contributed by atoms with Crippen molar-refractivity contribution in [2.24, 2.45) is 0 Å². The first-order chi connectivity index (χ1) is 14.2. The van der Waals surface area contributed by atoms with E-state index >= 15 is 0 Å². The van der Waals surface area contributed by atoms with E-state index in [1.54, 1.807) is 10.6 Å². The average molecular weight is 421 g/mol. The number of esters is 1. The highest BCUT2D eigenvalue weighted by Crippen LogP contribution is 2.21. The fraction of sp³-hybridized carbons (Fsp3) is 0.619. The molecule has 0 bridgehead atoms. The maximum absolute atomic E-state index is 13.2. The summed E-state index contributed by atoms with van der Waals surface area (Å²) in [6.07, 6.45) is 4.94. The molecule has 9 nitrogen and oxygen atoms in total. The van der Waals surface area contributed by atoms with Gasteiger partial charge in [-0.1, -0.05) is 12.8 Å². The van der Waals surface area contributed by atoms with Crippen molar-refractivity contribution in [1.29, 1.82) is 0 Å². The molecule has 0 spiro atoms. The molecule has 166 valence electrons. The second-order valence-corrected chi connectivity index (χ2v) is 8.06. The van der Waals surface area contributed by atoms with E-state index in [4.69, 9.17) is 9.84 Å². The van der Waals surface area contributed by atoms with Crippen molar-refractivity contribution in [2.75, 3.05) is 13.7 Å². The van der Waals surface area contributed by atoms with E-state index in [2.05, 4.69) is 10.6 Å². The Morgan fingerprint density at radius 1 is 1.17 bits per heavy atom. The lowest BCUT2D eigenvalue weighted by molar-refractivity contribution is -0.146. The number of nitrogens with one attached hydrogen (secondary N) is 2. The van der Waals surface area contributed by atoms with Gasteiger partial charge in [0, 0.05) is 18.8 Å². The summed E-state index contributed by atoms with van der Waals surface area (Å²) in [5.74, 6) is -1.24. The van der Waals surface area contributed by atoms with Crippen molar-refractivity contribution in [1.82, 2.24) is 15.2 Å². The third-order valence-corrected chi connectivity index (χ3v) is 5.30. The van der Waals surface area contributed by atoms with Crippen LogP contribution in [0.15, 0.2) is 10.9 Å². The highest BCUT2D eigenvalue weighted by molar-refractivity contribution is 5.97. The van der Waals surface area contributed by atoms with Crippen molar-refractivity contribution in [2.45, 2.75) is 70.9 Å². The number of carbonyl (C=O) groups is 3. The predicted molar refractivity (Wildman–Crippen MR) is 111 cm³/mol.